The van der Waals surface area contributed by atoms with E-state index in [-0.39, 0.29) is 18.7 Å². The second kappa shape index (κ2) is 6.17. The summed E-state index contributed by atoms with van der Waals surface area (Å²) in [5.41, 5.74) is 6.13. The van der Waals surface area contributed by atoms with Gasteiger partial charge >= 0.3 is 5.97 Å². The Bertz CT molecular complexity index is 455. The average Bonchev–Trinajstić information content (AvgIpc) is 2.29. The Hall–Kier alpha value is -2.11. The van der Waals surface area contributed by atoms with Gasteiger partial charge in [-0.05, 0) is 32.4 Å². The smallest absolute Gasteiger partial charge is 0.303 e. The van der Waals surface area contributed by atoms with Crippen molar-refractivity contribution in [3.8, 4) is 0 Å². The van der Waals surface area contributed by atoms with Gasteiger partial charge in [-0.15, -0.1) is 0 Å². The Balaban J connectivity index is 2.50. The van der Waals surface area contributed by atoms with Crippen LogP contribution in [0.2, 0.25) is 0 Å². The van der Waals surface area contributed by atoms with Gasteiger partial charge in [-0.2, -0.15) is 0 Å². The Labute approximate surface area is 112 Å². The van der Waals surface area contributed by atoms with Crippen LogP contribution in [0.5, 0.6) is 0 Å². The summed E-state index contributed by atoms with van der Waals surface area (Å²) in [6.07, 6.45) is 2.05. The molecule has 1 heterocycles. The molecule has 1 rings (SSSR count). The molecule has 0 bridgehead atoms. The molecule has 0 unspecified atom stereocenters. The molecule has 0 spiro atoms. The zero-order valence-electron chi connectivity index (χ0n) is 11.1. The molecule has 0 radical (unpaired) electrons. The van der Waals surface area contributed by atoms with Crippen molar-refractivity contribution >= 4 is 17.6 Å². The summed E-state index contributed by atoms with van der Waals surface area (Å²) in [5.74, 6) is -1.06. The number of rotatable bonds is 6. The topological polar surface area (TPSA) is 105 Å². The molecule has 0 atom stereocenters. The Morgan fingerprint density at radius 2 is 2.11 bits per heavy atom. The Morgan fingerprint density at radius 3 is 2.63 bits per heavy atom. The molecule has 1 aromatic rings. The van der Waals surface area contributed by atoms with Gasteiger partial charge in [0.15, 0.2) is 0 Å². The van der Waals surface area contributed by atoms with Crippen molar-refractivity contribution in [2.24, 2.45) is 0 Å². The molecule has 0 aromatic carbocycles. The lowest BCUT2D eigenvalue weighted by Gasteiger charge is -2.25. The van der Waals surface area contributed by atoms with Crippen LogP contribution < -0.4 is 11.1 Å². The summed E-state index contributed by atoms with van der Waals surface area (Å²) >= 11 is 0. The first-order valence-corrected chi connectivity index (χ1v) is 6.02. The largest absolute Gasteiger partial charge is 0.481 e. The third-order valence-electron chi connectivity index (χ3n) is 2.63. The number of anilines is 1. The van der Waals surface area contributed by atoms with Crippen molar-refractivity contribution < 1.29 is 14.7 Å². The van der Waals surface area contributed by atoms with Crippen molar-refractivity contribution in [1.82, 2.24) is 10.3 Å². The molecule has 0 aliphatic heterocycles. The van der Waals surface area contributed by atoms with E-state index < -0.39 is 11.5 Å². The number of carbonyl (C=O) groups is 2. The van der Waals surface area contributed by atoms with E-state index in [1.54, 1.807) is 26.0 Å². The van der Waals surface area contributed by atoms with Crippen LogP contribution >= 0.6 is 0 Å². The number of carboxylic acids is 1. The van der Waals surface area contributed by atoms with Crippen molar-refractivity contribution in [3.05, 3.63) is 24.0 Å². The molecule has 0 saturated heterocycles. The standard InChI is InChI=1S/C13H19N3O3/c1-13(2,6-5-12(18)19)16-11(17)7-10-4-3-9(14)8-15-10/h3-4,8H,5-7,14H2,1-2H3,(H,16,17)(H,18,19). The van der Waals surface area contributed by atoms with E-state index >= 15 is 0 Å². The van der Waals surface area contributed by atoms with Crippen LogP contribution in [0.15, 0.2) is 18.3 Å². The zero-order chi connectivity index (χ0) is 14.5. The Kier molecular flexibility index (Phi) is 4.86. The molecule has 0 fully saturated rings. The monoisotopic (exact) mass is 265 g/mol. The first kappa shape index (κ1) is 14.9. The number of aromatic nitrogens is 1. The number of amides is 1. The van der Waals surface area contributed by atoms with Crippen LogP contribution in [0.4, 0.5) is 5.69 Å². The van der Waals surface area contributed by atoms with Crippen LogP contribution in [0.1, 0.15) is 32.4 Å². The van der Waals surface area contributed by atoms with Crippen LogP contribution in [-0.4, -0.2) is 27.5 Å². The van der Waals surface area contributed by atoms with E-state index in [1.165, 1.54) is 6.20 Å². The number of nitrogens with one attached hydrogen (secondary N) is 1. The zero-order valence-corrected chi connectivity index (χ0v) is 11.1. The second-order valence-corrected chi connectivity index (χ2v) is 5.09. The van der Waals surface area contributed by atoms with Gasteiger partial charge in [0.1, 0.15) is 0 Å². The molecule has 6 heteroatoms. The molecule has 0 aliphatic carbocycles. The highest BCUT2D eigenvalue weighted by Crippen LogP contribution is 2.11. The number of carbonyl (C=O) groups excluding carboxylic acids is 1. The maximum atomic E-state index is 11.8. The van der Waals surface area contributed by atoms with Gasteiger partial charge in [0.25, 0.3) is 0 Å². The predicted molar refractivity (Wildman–Crippen MR) is 71.4 cm³/mol. The molecule has 1 amide bonds. The van der Waals surface area contributed by atoms with Gasteiger partial charge in [0.2, 0.25) is 5.91 Å². The maximum absolute atomic E-state index is 11.8. The quantitative estimate of drug-likeness (QED) is 0.710. The number of aliphatic carboxylic acids is 1. The number of nitrogen functional groups attached to an aromatic ring is 1. The summed E-state index contributed by atoms with van der Waals surface area (Å²) in [6.45, 7) is 3.59. The van der Waals surface area contributed by atoms with Crippen LogP contribution in [0, 0.1) is 0 Å². The van der Waals surface area contributed by atoms with Gasteiger partial charge in [0, 0.05) is 17.7 Å². The minimum atomic E-state index is -0.873. The molecule has 0 saturated carbocycles. The number of nitrogens with zero attached hydrogens (tertiary/aromatic N) is 1. The molecule has 1 aromatic heterocycles. The normalized spacial score (nSPS) is 11.1. The summed E-state index contributed by atoms with van der Waals surface area (Å²) in [7, 11) is 0. The van der Waals surface area contributed by atoms with Crippen molar-refractivity contribution in [3.63, 3.8) is 0 Å². The van der Waals surface area contributed by atoms with E-state index in [0.29, 0.717) is 17.8 Å². The Morgan fingerprint density at radius 1 is 1.42 bits per heavy atom. The fourth-order valence-electron chi connectivity index (χ4n) is 1.61. The van der Waals surface area contributed by atoms with Crippen molar-refractivity contribution in [1.29, 1.82) is 0 Å². The van der Waals surface area contributed by atoms with E-state index in [1.807, 2.05) is 0 Å². The first-order valence-electron chi connectivity index (χ1n) is 6.02. The van der Waals surface area contributed by atoms with Crippen LogP contribution in [0.25, 0.3) is 0 Å². The lowest BCUT2D eigenvalue weighted by Crippen LogP contribution is -2.44. The second-order valence-electron chi connectivity index (χ2n) is 5.09. The number of hydrogen-bond donors (Lipinski definition) is 3. The van der Waals surface area contributed by atoms with E-state index in [4.69, 9.17) is 10.8 Å². The summed E-state index contributed by atoms with van der Waals surface area (Å²) in [4.78, 5) is 26.4. The average molecular weight is 265 g/mol. The lowest BCUT2D eigenvalue weighted by atomic mass is 9.98. The lowest BCUT2D eigenvalue weighted by molar-refractivity contribution is -0.137. The molecule has 4 N–H and O–H groups in total. The highest BCUT2D eigenvalue weighted by molar-refractivity contribution is 5.79. The molecule has 6 nitrogen and oxygen atoms in total. The highest BCUT2D eigenvalue weighted by Gasteiger charge is 2.21. The third-order valence-corrected chi connectivity index (χ3v) is 2.63. The molecular weight excluding hydrogens is 246 g/mol. The molecule has 19 heavy (non-hydrogen) atoms. The molecular formula is C13H19N3O3. The minimum absolute atomic E-state index is 0.0212. The summed E-state index contributed by atoms with van der Waals surface area (Å²) in [5, 5.41) is 11.4. The van der Waals surface area contributed by atoms with Gasteiger partial charge in [-0.3, -0.25) is 14.6 Å². The summed E-state index contributed by atoms with van der Waals surface area (Å²) < 4.78 is 0. The number of nitrogens with two attached hydrogens (primary N) is 1. The predicted octanol–water partition coefficient (Wildman–Crippen LogP) is 0.966. The SMILES string of the molecule is CC(C)(CCC(=O)O)NC(=O)Cc1ccc(N)cn1. The van der Waals surface area contributed by atoms with E-state index in [0.717, 1.165) is 0 Å². The van der Waals surface area contributed by atoms with Crippen molar-refractivity contribution in [2.75, 3.05) is 5.73 Å². The first-order chi connectivity index (χ1) is 8.78. The summed E-state index contributed by atoms with van der Waals surface area (Å²) in [6, 6.07) is 3.38. The molecule has 104 valence electrons. The van der Waals surface area contributed by atoms with Crippen LogP contribution in [-0.2, 0) is 16.0 Å². The van der Waals surface area contributed by atoms with Gasteiger partial charge < -0.3 is 16.2 Å². The number of hydrogen-bond acceptors (Lipinski definition) is 4. The fraction of sp³-hybridized carbons (Fsp3) is 0.462. The molecule has 0 aliphatic rings. The highest BCUT2D eigenvalue weighted by atomic mass is 16.4. The van der Waals surface area contributed by atoms with Crippen molar-refractivity contribution in [2.45, 2.75) is 38.6 Å². The van der Waals surface area contributed by atoms with E-state index in [9.17, 15) is 9.59 Å². The maximum Gasteiger partial charge on any atom is 0.303 e. The van der Waals surface area contributed by atoms with E-state index in [2.05, 4.69) is 10.3 Å². The van der Waals surface area contributed by atoms with Gasteiger partial charge in [-0.1, -0.05) is 0 Å². The number of pyridine rings is 1. The van der Waals surface area contributed by atoms with Crippen LogP contribution in [0.3, 0.4) is 0 Å². The van der Waals surface area contributed by atoms with Gasteiger partial charge in [-0.25, -0.2) is 0 Å². The minimum Gasteiger partial charge on any atom is -0.481 e. The fourth-order valence-corrected chi connectivity index (χ4v) is 1.61. The third kappa shape index (κ3) is 5.85. The van der Waals surface area contributed by atoms with Gasteiger partial charge in [0.05, 0.1) is 18.3 Å². The number of carboxylic acid groups (broad SMARTS) is 1.